The van der Waals surface area contributed by atoms with E-state index in [1.165, 1.54) is 25.3 Å². The maximum absolute atomic E-state index is 13.2. The number of methoxy groups -OCH3 is 1. The summed E-state index contributed by atoms with van der Waals surface area (Å²) in [5.41, 5.74) is -0.550. The van der Waals surface area contributed by atoms with Gasteiger partial charge in [0.1, 0.15) is 11.6 Å². The van der Waals surface area contributed by atoms with E-state index >= 15 is 0 Å². The Morgan fingerprint density at radius 3 is 2.86 bits per heavy atom. The number of halogens is 1. The number of benzene rings is 1. The standard InChI is InChI=1S/C15H21FN2O3/c1-15(2,20)13-5-4-8-18(13)14(19)17-11-7-6-10(16)9-12(11)21-3/h6-7,9,13,20H,4-5,8H2,1-3H3,(H,17,19). The molecule has 2 amide bonds. The van der Waals surface area contributed by atoms with E-state index in [1.54, 1.807) is 18.7 Å². The van der Waals surface area contributed by atoms with Gasteiger partial charge in [-0.1, -0.05) is 0 Å². The molecule has 0 spiro atoms. The van der Waals surface area contributed by atoms with E-state index in [0.717, 1.165) is 12.8 Å². The van der Waals surface area contributed by atoms with Gasteiger partial charge in [-0.25, -0.2) is 9.18 Å². The van der Waals surface area contributed by atoms with E-state index in [4.69, 9.17) is 4.74 Å². The number of nitrogens with zero attached hydrogens (tertiary/aromatic N) is 1. The van der Waals surface area contributed by atoms with Crippen molar-refractivity contribution in [3.05, 3.63) is 24.0 Å². The zero-order valence-electron chi connectivity index (χ0n) is 12.5. The maximum atomic E-state index is 13.2. The number of carbonyl (C=O) groups excluding carboxylic acids is 1. The van der Waals surface area contributed by atoms with Crippen LogP contribution in [-0.4, -0.2) is 41.3 Å². The summed E-state index contributed by atoms with van der Waals surface area (Å²) < 4.78 is 18.2. The number of ether oxygens (including phenoxy) is 1. The predicted molar refractivity (Wildman–Crippen MR) is 78.0 cm³/mol. The average Bonchev–Trinajstić information content (AvgIpc) is 2.90. The van der Waals surface area contributed by atoms with Crippen LogP contribution in [0.1, 0.15) is 26.7 Å². The van der Waals surface area contributed by atoms with Crippen LogP contribution in [0.4, 0.5) is 14.9 Å². The summed E-state index contributed by atoms with van der Waals surface area (Å²) in [6.07, 6.45) is 1.61. The third-order valence-corrected chi connectivity index (χ3v) is 3.73. The van der Waals surface area contributed by atoms with Crippen LogP contribution in [0.15, 0.2) is 18.2 Å². The fourth-order valence-electron chi connectivity index (χ4n) is 2.70. The number of amides is 2. The van der Waals surface area contributed by atoms with Crippen molar-refractivity contribution in [2.24, 2.45) is 0 Å². The highest BCUT2D eigenvalue weighted by Crippen LogP contribution is 2.29. The summed E-state index contributed by atoms with van der Waals surface area (Å²) in [6, 6.07) is 3.39. The molecule has 1 aliphatic heterocycles. The Hall–Kier alpha value is -1.82. The number of urea groups is 1. The summed E-state index contributed by atoms with van der Waals surface area (Å²) in [7, 11) is 1.42. The lowest BCUT2D eigenvalue weighted by atomic mass is 9.97. The molecule has 21 heavy (non-hydrogen) atoms. The lowest BCUT2D eigenvalue weighted by Crippen LogP contribution is -2.49. The minimum absolute atomic E-state index is 0.232. The molecule has 0 saturated carbocycles. The highest BCUT2D eigenvalue weighted by atomic mass is 19.1. The molecule has 1 aromatic rings. The molecule has 1 aromatic carbocycles. The van der Waals surface area contributed by atoms with Gasteiger partial charge >= 0.3 is 6.03 Å². The summed E-state index contributed by atoms with van der Waals surface area (Å²) in [6.45, 7) is 3.98. The lowest BCUT2D eigenvalue weighted by Gasteiger charge is -2.33. The van der Waals surface area contributed by atoms with Gasteiger partial charge in [0.15, 0.2) is 0 Å². The molecular formula is C15H21FN2O3. The molecule has 1 heterocycles. The Kier molecular flexibility index (Phi) is 4.37. The number of hydrogen-bond acceptors (Lipinski definition) is 3. The number of rotatable bonds is 3. The smallest absolute Gasteiger partial charge is 0.322 e. The number of anilines is 1. The van der Waals surface area contributed by atoms with Crippen LogP contribution >= 0.6 is 0 Å². The first-order chi connectivity index (χ1) is 9.82. The number of likely N-dealkylation sites (tertiary alicyclic amines) is 1. The quantitative estimate of drug-likeness (QED) is 0.901. The van der Waals surface area contributed by atoms with Crippen LogP contribution in [0, 0.1) is 5.82 Å². The Bertz CT molecular complexity index is 528. The second-order valence-electron chi connectivity index (χ2n) is 5.78. The van der Waals surface area contributed by atoms with E-state index in [1.807, 2.05) is 0 Å². The van der Waals surface area contributed by atoms with Crippen molar-refractivity contribution in [1.29, 1.82) is 0 Å². The van der Waals surface area contributed by atoms with Gasteiger partial charge in [-0.05, 0) is 38.8 Å². The van der Waals surface area contributed by atoms with Gasteiger partial charge in [0, 0.05) is 12.6 Å². The largest absolute Gasteiger partial charge is 0.494 e. The fourth-order valence-corrected chi connectivity index (χ4v) is 2.70. The minimum Gasteiger partial charge on any atom is -0.494 e. The molecule has 1 fully saturated rings. The molecule has 116 valence electrons. The van der Waals surface area contributed by atoms with E-state index in [2.05, 4.69) is 5.32 Å². The van der Waals surface area contributed by atoms with Crippen molar-refractivity contribution in [2.45, 2.75) is 38.3 Å². The number of hydrogen-bond donors (Lipinski definition) is 2. The Morgan fingerprint density at radius 1 is 1.52 bits per heavy atom. The lowest BCUT2D eigenvalue weighted by molar-refractivity contribution is 0.0117. The van der Waals surface area contributed by atoms with Crippen molar-refractivity contribution in [2.75, 3.05) is 19.0 Å². The van der Waals surface area contributed by atoms with Crippen molar-refractivity contribution in [1.82, 2.24) is 4.90 Å². The van der Waals surface area contributed by atoms with Crippen molar-refractivity contribution < 1.29 is 19.0 Å². The summed E-state index contributed by atoms with van der Waals surface area (Å²) in [4.78, 5) is 14.0. The van der Waals surface area contributed by atoms with Crippen LogP contribution in [0.25, 0.3) is 0 Å². The third kappa shape index (κ3) is 3.44. The zero-order chi connectivity index (χ0) is 15.6. The van der Waals surface area contributed by atoms with Crippen molar-refractivity contribution in [3.8, 4) is 5.75 Å². The zero-order valence-corrected chi connectivity index (χ0v) is 12.5. The number of nitrogens with one attached hydrogen (secondary N) is 1. The maximum Gasteiger partial charge on any atom is 0.322 e. The molecule has 0 aliphatic carbocycles. The first-order valence-corrected chi connectivity index (χ1v) is 6.96. The van der Waals surface area contributed by atoms with Crippen LogP contribution in [0.3, 0.4) is 0 Å². The van der Waals surface area contributed by atoms with Crippen LogP contribution < -0.4 is 10.1 Å². The molecule has 1 aliphatic rings. The highest BCUT2D eigenvalue weighted by molar-refractivity contribution is 5.91. The molecule has 1 saturated heterocycles. The van der Waals surface area contributed by atoms with Gasteiger partial charge < -0.3 is 20.1 Å². The second-order valence-corrected chi connectivity index (χ2v) is 5.78. The first-order valence-electron chi connectivity index (χ1n) is 6.96. The van der Waals surface area contributed by atoms with E-state index in [-0.39, 0.29) is 17.8 Å². The molecule has 0 aromatic heterocycles. The molecule has 6 heteroatoms. The topological polar surface area (TPSA) is 61.8 Å². The van der Waals surface area contributed by atoms with Crippen LogP contribution in [0.5, 0.6) is 5.75 Å². The van der Waals surface area contributed by atoms with Gasteiger partial charge in [0.2, 0.25) is 0 Å². The van der Waals surface area contributed by atoms with Crippen LogP contribution in [-0.2, 0) is 0 Å². The SMILES string of the molecule is COc1cc(F)ccc1NC(=O)N1CCCC1C(C)(C)O. The number of aliphatic hydroxyl groups is 1. The average molecular weight is 296 g/mol. The van der Waals surface area contributed by atoms with E-state index in [0.29, 0.717) is 12.2 Å². The second kappa shape index (κ2) is 5.89. The minimum atomic E-state index is -0.958. The van der Waals surface area contributed by atoms with Gasteiger partial charge in [0.05, 0.1) is 24.4 Å². The molecule has 2 N–H and O–H groups in total. The third-order valence-electron chi connectivity index (χ3n) is 3.73. The van der Waals surface area contributed by atoms with Crippen molar-refractivity contribution in [3.63, 3.8) is 0 Å². The summed E-state index contributed by atoms with van der Waals surface area (Å²) >= 11 is 0. The monoisotopic (exact) mass is 296 g/mol. The van der Waals surface area contributed by atoms with E-state index in [9.17, 15) is 14.3 Å². The molecular weight excluding hydrogens is 275 g/mol. The Labute approximate surface area is 123 Å². The predicted octanol–water partition coefficient (Wildman–Crippen LogP) is 2.60. The first kappa shape index (κ1) is 15.6. The normalized spacial score (nSPS) is 18.7. The number of carbonyl (C=O) groups is 1. The summed E-state index contributed by atoms with van der Waals surface area (Å²) in [5.74, 6) is -0.164. The molecule has 1 unspecified atom stereocenters. The van der Waals surface area contributed by atoms with Gasteiger partial charge in [-0.15, -0.1) is 0 Å². The summed E-state index contributed by atoms with van der Waals surface area (Å²) in [5, 5.41) is 12.9. The Morgan fingerprint density at radius 2 is 2.24 bits per heavy atom. The highest BCUT2D eigenvalue weighted by Gasteiger charge is 2.38. The molecule has 2 rings (SSSR count). The molecule has 5 nitrogen and oxygen atoms in total. The van der Waals surface area contributed by atoms with Gasteiger partial charge in [-0.3, -0.25) is 0 Å². The van der Waals surface area contributed by atoms with Gasteiger partial charge in [0.25, 0.3) is 0 Å². The molecule has 0 bridgehead atoms. The van der Waals surface area contributed by atoms with Crippen LogP contribution in [0.2, 0.25) is 0 Å². The van der Waals surface area contributed by atoms with E-state index < -0.39 is 11.4 Å². The fraction of sp³-hybridized carbons (Fsp3) is 0.533. The molecule has 1 atom stereocenters. The van der Waals surface area contributed by atoms with Gasteiger partial charge in [-0.2, -0.15) is 0 Å². The molecule has 0 radical (unpaired) electrons. The Balaban J connectivity index is 2.15. The van der Waals surface area contributed by atoms with Crippen molar-refractivity contribution >= 4 is 11.7 Å².